The molecule has 1 heterocycles. The first-order chi connectivity index (χ1) is 10.6. The molecule has 0 spiro atoms. The van der Waals surface area contributed by atoms with Gasteiger partial charge < -0.3 is 5.32 Å². The van der Waals surface area contributed by atoms with Gasteiger partial charge in [0.1, 0.15) is 0 Å². The number of thioether (sulfide) groups is 1. The fraction of sp³-hybridized carbons (Fsp3) is 0.125. The number of halogens is 1. The van der Waals surface area contributed by atoms with Gasteiger partial charge in [0.15, 0.2) is 4.34 Å². The van der Waals surface area contributed by atoms with Crippen LogP contribution in [0.4, 0.5) is 5.69 Å². The van der Waals surface area contributed by atoms with Crippen molar-refractivity contribution in [1.82, 2.24) is 4.98 Å². The maximum atomic E-state index is 12.3. The zero-order valence-electron chi connectivity index (χ0n) is 11.7. The summed E-state index contributed by atoms with van der Waals surface area (Å²) in [5.41, 5.74) is 1.78. The van der Waals surface area contributed by atoms with Crippen LogP contribution in [0.3, 0.4) is 0 Å². The maximum absolute atomic E-state index is 12.3. The van der Waals surface area contributed by atoms with E-state index in [9.17, 15) is 4.79 Å². The Morgan fingerprint density at radius 2 is 1.95 bits per heavy atom. The highest BCUT2D eigenvalue weighted by Gasteiger charge is 2.17. The lowest BCUT2D eigenvalue weighted by atomic mass is 10.3. The Morgan fingerprint density at radius 1 is 1.23 bits per heavy atom. The van der Waals surface area contributed by atoms with Crippen molar-refractivity contribution >= 4 is 60.8 Å². The number of fused-ring (bicyclic) bond motifs is 1. The monoisotopic (exact) mass is 392 g/mol. The molecule has 3 aromatic rings. The van der Waals surface area contributed by atoms with Crippen molar-refractivity contribution < 1.29 is 4.79 Å². The third-order valence-electron chi connectivity index (χ3n) is 3.03. The normalized spacial score (nSPS) is 12.3. The lowest BCUT2D eigenvalue weighted by molar-refractivity contribution is -0.115. The third kappa shape index (κ3) is 3.69. The molecule has 0 saturated heterocycles. The van der Waals surface area contributed by atoms with Gasteiger partial charge in [0.25, 0.3) is 0 Å². The zero-order valence-corrected chi connectivity index (χ0v) is 15.0. The van der Waals surface area contributed by atoms with Gasteiger partial charge in [-0.05, 0) is 43.3 Å². The van der Waals surface area contributed by atoms with Crippen LogP contribution in [0.15, 0.2) is 57.3 Å². The summed E-state index contributed by atoms with van der Waals surface area (Å²) in [7, 11) is 0. The van der Waals surface area contributed by atoms with Crippen molar-refractivity contribution in [2.75, 3.05) is 5.32 Å². The van der Waals surface area contributed by atoms with E-state index in [1.165, 1.54) is 11.8 Å². The van der Waals surface area contributed by atoms with Crippen molar-refractivity contribution in [3.05, 3.63) is 53.0 Å². The van der Waals surface area contributed by atoms with Gasteiger partial charge in [0.2, 0.25) is 5.91 Å². The average molecular weight is 393 g/mol. The Kier molecular flexibility index (Phi) is 4.81. The molecule has 1 N–H and O–H groups in total. The number of thiazole rings is 1. The van der Waals surface area contributed by atoms with Crippen LogP contribution in [0.25, 0.3) is 10.2 Å². The minimum Gasteiger partial charge on any atom is -0.325 e. The number of anilines is 1. The molecule has 3 rings (SSSR count). The molecular weight excluding hydrogens is 380 g/mol. The van der Waals surface area contributed by atoms with Gasteiger partial charge in [-0.25, -0.2) is 4.98 Å². The molecule has 22 heavy (non-hydrogen) atoms. The molecule has 2 aromatic carbocycles. The highest BCUT2D eigenvalue weighted by atomic mass is 79.9. The molecule has 0 saturated carbocycles. The zero-order chi connectivity index (χ0) is 15.5. The lowest BCUT2D eigenvalue weighted by Gasteiger charge is -2.10. The fourth-order valence-electron chi connectivity index (χ4n) is 1.88. The van der Waals surface area contributed by atoms with Gasteiger partial charge >= 0.3 is 0 Å². The fourth-order valence-corrected chi connectivity index (χ4v) is 4.36. The largest absolute Gasteiger partial charge is 0.325 e. The summed E-state index contributed by atoms with van der Waals surface area (Å²) in [6.07, 6.45) is 0. The molecule has 1 atom stereocenters. The smallest absolute Gasteiger partial charge is 0.237 e. The molecular formula is C16H13BrN2OS2. The molecule has 0 aliphatic heterocycles. The van der Waals surface area contributed by atoms with Crippen LogP contribution in [0.5, 0.6) is 0 Å². The van der Waals surface area contributed by atoms with Crippen molar-refractivity contribution in [2.45, 2.75) is 16.5 Å². The van der Waals surface area contributed by atoms with E-state index in [4.69, 9.17) is 0 Å². The lowest BCUT2D eigenvalue weighted by Crippen LogP contribution is -2.22. The van der Waals surface area contributed by atoms with Crippen LogP contribution < -0.4 is 5.32 Å². The number of nitrogens with zero attached hydrogens (tertiary/aromatic N) is 1. The Balaban J connectivity index is 1.66. The summed E-state index contributed by atoms with van der Waals surface area (Å²) in [6, 6.07) is 15.6. The molecule has 0 aliphatic rings. The van der Waals surface area contributed by atoms with E-state index in [-0.39, 0.29) is 11.2 Å². The van der Waals surface area contributed by atoms with Gasteiger partial charge in [-0.1, -0.05) is 39.8 Å². The minimum absolute atomic E-state index is 0.0217. The highest BCUT2D eigenvalue weighted by molar-refractivity contribution is 9.10. The van der Waals surface area contributed by atoms with E-state index in [0.717, 1.165) is 24.7 Å². The van der Waals surface area contributed by atoms with E-state index in [0.29, 0.717) is 0 Å². The Bertz CT molecular complexity index is 768. The molecule has 1 amide bonds. The number of nitrogens with one attached hydrogen (secondary N) is 1. The number of benzene rings is 2. The van der Waals surface area contributed by atoms with E-state index in [1.807, 2.05) is 55.5 Å². The van der Waals surface area contributed by atoms with Crippen LogP contribution in [0.2, 0.25) is 0 Å². The predicted octanol–water partition coefficient (Wildman–Crippen LogP) is 5.18. The first kappa shape index (κ1) is 15.5. The molecule has 0 radical (unpaired) electrons. The molecule has 1 unspecified atom stereocenters. The third-order valence-corrected chi connectivity index (χ3v) is 5.79. The predicted molar refractivity (Wildman–Crippen MR) is 97.7 cm³/mol. The maximum Gasteiger partial charge on any atom is 0.237 e. The van der Waals surface area contributed by atoms with Gasteiger partial charge in [-0.3, -0.25) is 4.79 Å². The van der Waals surface area contributed by atoms with Gasteiger partial charge in [0.05, 0.1) is 15.5 Å². The first-order valence-electron chi connectivity index (χ1n) is 6.70. The van der Waals surface area contributed by atoms with Crippen LogP contribution in [-0.2, 0) is 4.79 Å². The number of carbonyl (C=O) groups excluding carboxylic acids is 1. The number of hydrogen-bond donors (Lipinski definition) is 1. The summed E-state index contributed by atoms with van der Waals surface area (Å²) in [5.74, 6) is -0.0217. The molecule has 0 fully saturated rings. The highest BCUT2D eigenvalue weighted by Crippen LogP contribution is 2.32. The molecule has 6 heteroatoms. The van der Waals surface area contributed by atoms with E-state index in [1.54, 1.807) is 11.3 Å². The molecule has 1 aromatic heterocycles. The standard InChI is InChI=1S/C16H13BrN2OS2/c1-10(15(20)18-12-8-6-11(17)7-9-12)21-16-19-13-4-2-3-5-14(13)22-16/h2-10H,1H3,(H,18,20). The first-order valence-corrected chi connectivity index (χ1v) is 9.19. The van der Waals surface area contributed by atoms with Crippen LogP contribution in [-0.4, -0.2) is 16.1 Å². The van der Waals surface area contributed by atoms with Crippen molar-refractivity contribution in [1.29, 1.82) is 0 Å². The van der Waals surface area contributed by atoms with Crippen LogP contribution in [0, 0.1) is 0 Å². The van der Waals surface area contributed by atoms with Crippen molar-refractivity contribution in [2.24, 2.45) is 0 Å². The Morgan fingerprint density at radius 3 is 2.68 bits per heavy atom. The van der Waals surface area contributed by atoms with Gasteiger partial charge in [0, 0.05) is 10.2 Å². The summed E-state index contributed by atoms with van der Waals surface area (Å²) >= 11 is 6.48. The second-order valence-corrected chi connectivity index (χ2v) is 8.24. The number of carbonyl (C=O) groups is 1. The second-order valence-electron chi connectivity index (χ2n) is 4.70. The molecule has 0 bridgehead atoms. The SMILES string of the molecule is CC(Sc1nc2ccccc2s1)C(=O)Nc1ccc(Br)cc1. The van der Waals surface area contributed by atoms with Crippen LogP contribution >= 0.6 is 39.0 Å². The van der Waals surface area contributed by atoms with Crippen LogP contribution in [0.1, 0.15) is 6.92 Å². The number of aromatic nitrogens is 1. The molecule has 0 aliphatic carbocycles. The Hall–Kier alpha value is -1.37. The average Bonchev–Trinajstić information content (AvgIpc) is 2.91. The number of amides is 1. The number of rotatable bonds is 4. The number of para-hydroxylation sites is 1. The van der Waals surface area contributed by atoms with Gasteiger partial charge in [-0.2, -0.15) is 0 Å². The number of hydrogen-bond acceptors (Lipinski definition) is 4. The molecule has 112 valence electrons. The summed E-state index contributed by atoms with van der Waals surface area (Å²) < 4.78 is 3.05. The minimum atomic E-state index is -0.204. The second kappa shape index (κ2) is 6.81. The topological polar surface area (TPSA) is 42.0 Å². The quantitative estimate of drug-likeness (QED) is 0.622. The Labute approximate surface area is 145 Å². The van der Waals surface area contributed by atoms with E-state index < -0.39 is 0 Å². The summed E-state index contributed by atoms with van der Waals surface area (Å²) in [5, 5.41) is 2.71. The van der Waals surface area contributed by atoms with E-state index >= 15 is 0 Å². The van der Waals surface area contributed by atoms with E-state index in [2.05, 4.69) is 26.2 Å². The van der Waals surface area contributed by atoms with Crippen molar-refractivity contribution in [3.8, 4) is 0 Å². The summed E-state index contributed by atoms with van der Waals surface area (Å²) in [4.78, 5) is 16.8. The summed E-state index contributed by atoms with van der Waals surface area (Å²) in [6.45, 7) is 1.89. The van der Waals surface area contributed by atoms with Crippen molar-refractivity contribution in [3.63, 3.8) is 0 Å². The van der Waals surface area contributed by atoms with Gasteiger partial charge in [-0.15, -0.1) is 11.3 Å². The molecule has 3 nitrogen and oxygen atoms in total.